The Morgan fingerprint density at radius 2 is 2.12 bits per heavy atom. The second kappa shape index (κ2) is 6.87. The summed E-state index contributed by atoms with van der Waals surface area (Å²) >= 11 is 1.82. The number of H-pyrrole nitrogens is 1. The van der Waals surface area contributed by atoms with E-state index in [1.807, 2.05) is 29.7 Å². The van der Waals surface area contributed by atoms with Gasteiger partial charge in [0.15, 0.2) is 0 Å². The van der Waals surface area contributed by atoms with E-state index in [1.165, 1.54) is 29.1 Å². The fourth-order valence-electron chi connectivity index (χ4n) is 3.52. The molecule has 0 saturated carbocycles. The van der Waals surface area contributed by atoms with Crippen LogP contribution in [0.5, 0.6) is 0 Å². The molecular weight excluding hydrogens is 321 g/mol. The van der Waals surface area contributed by atoms with Gasteiger partial charge in [-0.3, -0.25) is 10.00 Å². The lowest BCUT2D eigenvalue weighted by Crippen LogP contribution is -2.34. The standard InChI is InChI=1S/C19H20FN3S/c20-16-7-5-14(6-8-16)18-11-21-22-19(18)15-3-1-9-23(12-15)13-17-4-2-10-24-17/h2,4-8,10-11,15H,1,3,9,12-13H2,(H,21,22)/t15-/m0/s1. The van der Waals surface area contributed by atoms with Crippen LogP contribution in [0, 0.1) is 5.82 Å². The van der Waals surface area contributed by atoms with Crippen molar-refractivity contribution >= 4 is 11.3 Å². The highest BCUT2D eigenvalue weighted by Gasteiger charge is 2.25. The summed E-state index contributed by atoms with van der Waals surface area (Å²) in [6, 6.07) is 11.0. The number of likely N-dealkylation sites (tertiary alicyclic amines) is 1. The van der Waals surface area contributed by atoms with Gasteiger partial charge in [-0.15, -0.1) is 11.3 Å². The number of nitrogens with zero attached hydrogens (tertiary/aromatic N) is 2. The summed E-state index contributed by atoms with van der Waals surface area (Å²) in [6.07, 6.45) is 4.22. The van der Waals surface area contributed by atoms with E-state index < -0.39 is 0 Å². The lowest BCUT2D eigenvalue weighted by molar-refractivity contribution is 0.200. The molecule has 24 heavy (non-hydrogen) atoms. The molecule has 0 unspecified atom stereocenters. The maximum absolute atomic E-state index is 13.2. The Hall–Kier alpha value is -1.98. The third kappa shape index (κ3) is 3.28. The van der Waals surface area contributed by atoms with Crippen LogP contribution in [0.4, 0.5) is 4.39 Å². The van der Waals surface area contributed by atoms with Gasteiger partial charge in [0, 0.05) is 35.1 Å². The first-order chi connectivity index (χ1) is 11.8. The largest absolute Gasteiger partial charge is 0.298 e. The van der Waals surface area contributed by atoms with Crippen molar-refractivity contribution in [2.24, 2.45) is 0 Å². The van der Waals surface area contributed by atoms with Crippen LogP contribution in [0.2, 0.25) is 0 Å². The number of hydrogen-bond acceptors (Lipinski definition) is 3. The quantitative estimate of drug-likeness (QED) is 0.748. The van der Waals surface area contributed by atoms with Crippen molar-refractivity contribution < 1.29 is 4.39 Å². The molecule has 3 nitrogen and oxygen atoms in total. The Balaban J connectivity index is 1.53. The normalized spacial score (nSPS) is 18.8. The van der Waals surface area contributed by atoms with Gasteiger partial charge in [-0.2, -0.15) is 5.10 Å². The van der Waals surface area contributed by atoms with Gasteiger partial charge in [0.05, 0.1) is 6.20 Å². The van der Waals surface area contributed by atoms with E-state index in [-0.39, 0.29) is 5.82 Å². The molecule has 1 fully saturated rings. The first-order valence-electron chi connectivity index (χ1n) is 8.33. The molecule has 0 bridgehead atoms. The van der Waals surface area contributed by atoms with Gasteiger partial charge < -0.3 is 0 Å². The molecular formula is C19H20FN3S. The van der Waals surface area contributed by atoms with E-state index in [1.54, 1.807) is 0 Å². The lowest BCUT2D eigenvalue weighted by atomic mass is 9.90. The molecule has 0 aliphatic carbocycles. The number of piperidine rings is 1. The number of aromatic amines is 1. The highest BCUT2D eigenvalue weighted by Crippen LogP contribution is 2.33. The Morgan fingerprint density at radius 1 is 1.25 bits per heavy atom. The summed E-state index contributed by atoms with van der Waals surface area (Å²) in [5, 5.41) is 9.60. The maximum atomic E-state index is 13.2. The zero-order valence-electron chi connectivity index (χ0n) is 13.4. The molecule has 0 radical (unpaired) electrons. The summed E-state index contributed by atoms with van der Waals surface area (Å²) < 4.78 is 13.2. The lowest BCUT2D eigenvalue weighted by Gasteiger charge is -2.32. The highest BCUT2D eigenvalue weighted by atomic mass is 32.1. The molecule has 2 aromatic heterocycles. The average molecular weight is 341 g/mol. The number of nitrogens with one attached hydrogen (secondary N) is 1. The predicted octanol–water partition coefficient (Wildman–Crippen LogP) is 4.66. The van der Waals surface area contributed by atoms with Crippen LogP contribution >= 0.6 is 11.3 Å². The van der Waals surface area contributed by atoms with Crippen LogP contribution in [0.1, 0.15) is 29.3 Å². The fourth-order valence-corrected chi connectivity index (χ4v) is 4.27. The molecule has 1 saturated heterocycles. The molecule has 1 atom stereocenters. The van der Waals surface area contributed by atoms with Gasteiger partial charge in [0.25, 0.3) is 0 Å². The number of benzene rings is 1. The molecule has 1 aliphatic heterocycles. The summed E-state index contributed by atoms with van der Waals surface area (Å²) in [4.78, 5) is 3.94. The zero-order chi connectivity index (χ0) is 16.4. The Kier molecular flexibility index (Phi) is 4.45. The molecule has 4 rings (SSSR count). The SMILES string of the molecule is Fc1ccc(-c2cn[nH]c2[C@H]2CCCN(Cc3cccs3)C2)cc1. The number of aromatic nitrogens is 2. The molecule has 0 amide bonds. The zero-order valence-corrected chi connectivity index (χ0v) is 14.2. The van der Waals surface area contributed by atoms with Crippen molar-refractivity contribution in [2.75, 3.05) is 13.1 Å². The van der Waals surface area contributed by atoms with E-state index in [2.05, 4.69) is 32.6 Å². The third-order valence-corrected chi connectivity index (χ3v) is 5.56. The van der Waals surface area contributed by atoms with Crippen LogP contribution < -0.4 is 0 Å². The molecule has 1 aromatic carbocycles. The van der Waals surface area contributed by atoms with Gasteiger partial charge in [0.1, 0.15) is 5.82 Å². The Morgan fingerprint density at radius 3 is 2.92 bits per heavy atom. The van der Waals surface area contributed by atoms with E-state index in [0.717, 1.165) is 37.2 Å². The second-order valence-corrected chi connectivity index (χ2v) is 7.39. The minimum absolute atomic E-state index is 0.205. The highest BCUT2D eigenvalue weighted by molar-refractivity contribution is 7.09. The molecule has 1 aliphatic rings. The number of thiophene rings is 1. The van der Waals surface area contributed by atoms with Crippen molar-refractivity contribution in [1.82, 2.24) is 15.1 Å². The molecule has 3 heterocycles. The van der Waals surface area contributed by atoms with E-state index in [9.17, 15) is 4.39 Å². The van der Waals surface area contributed by atoms with E-state index in [0.29, 0.717) is 5.92 Å². The molecule has 0 spiro atoms. The second-order valence-electron chi connectivity index (χ2n) is 6.36. The van der Waals surface area contributed by atoms with Crippen LogP contribution in [0.25, 0.3) is 11.1 Å². The van der Waals surface area contributed by atoms with Crippen molar-refractivity contribution in [3.8, 4) is 11.1 Å². The van der Waals surface area contributed by atoms with Gasteiger partial charge in [-0.05, 0) is 48.5 Å². The van der Waals surface area contributed by atoms with Gasteiger partial charge in [0.2, 0.25) is 0 Å². The summed E-state index contributed by atoms with van der Waals surface area (Å²) in [7, 11) is 0. The summed E-state index contributed by atoms with van der Waals surface area (Å²) in [5.74, 6) is 0.241. The molecule has 1 N–H and O–H groups in total. The van der Waals surface area contributed by atoms with Gasteiger partial charge in [-0.1, -0.05) is 18.2 Å². The van der Waals surface area contributed by atoms with Gasteiger partial charge >= 0.3 is 0 Å². The third-order valence-electron chi connectivity index (χ3n) is 4.70. The maximum Gasteiger partial charge on any atom is 0.123 e. The van der Waals surface area contributed by atoms with E-state index in [4.69, 9.17) is 0 Å². The molecule has 124 valence electrons. The summed E-state index contributed by atoms with van der Waals surface area (Å²) in [6.45, 7) is 3.21. The smallest absolute Gasteiger partial charge is 0.123 e. The average Bonchev–Trinajstić information content (AvgIpc) is 3.27. The first kappa shape index (κ1) is 15.5. The van der Waals surface area contributed by atoms with Crippen LogP contribution in [-0.2, 0) is 6.54 Å². The van der Waals surface area contributed by atoms with Crippen LogP contribution in [0.15, 0.2) is 48.0 Å². The van der Waals surface area contributed by atoms with Crippen LogP contribution in [-0.4, -0.2) is 28.2 Å². The van der Waals surface area contributed by atoms with Crippen molar-refractivity contribution in [3.63, 3.8) is 0 Å². The molecule has 3 aromatic rings. The Labute approximate surface area is 145 Å². The minimum Gasteiger partial charge on any atom is -0.298 e. The predicted molar refractivity (Wildman–Crippen MR) is 95.6 cm³/mol. The Bertz CT molecular complexity index is 779. The monoisotopic (exact) mass is 341 g/mol. The topological polar surface area (TPSA) is 31.9 Å². The van der Waals surface area contributed by atoms with Gasteiger partial charge in [-0.25, -0.2) is 4.39 Å². The van der Waals surface area contributed by atoms with E-state index >= 15 is 0 Å². The van der Waals surface area contributed by atoms with Crippen molar-refractivity contribution in [2.45, 2.75) is 25.3 Å². The van der Waals surface area contributed by atoms with Crippen LogP contribution in [0.3, 0.4) is 0 Å². The number of halogens is 1. The first-order valence-corrected chi connectivity index (χ1v) is 9.21. The number of rotatable bonds is 4. The number of hydrogen-bond donors (Lipinski definition) is 1. The summed E-state index contributed by atoms with van der Waals surface area (Å²) in [5.41, 5.74) is 3.30. The fraction of sp³-hybridized carbons (Fsp3) is 0.316. The minimum atomic E-state index is -0.205. The van der Waals surface area contributed by atoms with Crippen molar-refractivity contribution in [1.29, 1.82) is 0 Å². The molecule has 5 heteroatoms. The van der Waals surface area contributed by atoms with Crippen molar-refractivity contribution in [3.05, 3.63) is 64.4 Å².